The summed E-state index contributed by atoms with van der Waals surface area (Å²) in [7, 11) is 3.20. The lowest BCUT2D eigenvalue weighted by atomic mass is 10.1. The minimum atomic E-state index is -0.209. The summed E-state index contributed by atoms with van der Waals surface area (Å²) in [4.78, 5) is 22.2. The summed E-state index contributed by atoms with van der Waals surface area (Å²) in [5, 5.41) is 0.438. The van der Waals surface area contributed by atoms with Gasteiger partial charge in [-0.05, 0) is 72.7 Å². The third kappa shape index (κ3) is 3.84. The van der Waals surface area contributed by atoms with Gasteiger partial charge >= 0.3 is 0 Å². The van der Waals surface area contributed by atoms with Gasteiger partial charge in [0, 0.05) is 11.8 Å². The van der Waals surface area contributed by atoms with Gasteiger partial charge < -0.3 is 9.47 Å². The number of pyridine rings is 1. The van der Waals surface area contributed by atoms with Crippen LogP contribution in [0.3, 0.4) is 0 Å². The normalized spacial score (nSPS) is 10.9. The van der Waals surface area contributed by atoms with Gasteiger partial charge in [-0.25, -0.2) is 9.97 Å². The van der Waals surface area contributed by atoms with E-state index in [2.05, 4.69) is 15.9 Å². The number of methoxy groups -OCH3 is 2. The van der Waals surface area contributed by atoms with E-state index >= 15 is 0 Å². The highest BCUT2D eigenvalue weighted by molar-refractivity contribution is 5.77. The quantitative estimate of drug-likeness (QED) is 0.449. The van der Waals surface area contributed by atoms with Gasteiger partial charge in [-0.15, -0.1) is 6.42 Å². The molecule has 0 atom stereocenters. The first-order chi connectivity index (χ1) is 15.5. The molecule has 6 heteroatoms. The standard InChI is InChI=1S/C26H21N3O3/c1-5-18-8-11-20(12-9-18)29-23(28-25-21(26(29)30)7-6-14-27-25)13-10-19-15-17(2)24(32-4)22(16-19)31-3/h1,6-16H,2-4H3/b13-10+. The first-order valence-corrected chi connectivity index (χ1v) is 9.91. The first-order valence-electron chi connectivity index (χ1n) is 9.91. The zero-order valence-corrected chi connectivity index (χ0v) is 18.0. The summed E-state index contributed by atoms with van der Waals surface area (Å²) >= 11 is 0. The van der Waals surface area contributed by atoms with Crippen LogP contribution in [0.4, 0.5) is 0 Å². The van der Waals surface area contributed by atoms with Crippen molar-refractivity contribution >= 4 is 23.2 Å². The van der Waals surface area contributed by atoms with Crippen LogP contribution in [-0.4, -0.2) is 28.8 Å². The monoisotopic (exact) mass is 423 g/mol. The molecule has 0 aliphatic heterocycles. The van der Waals surface area contributed by atoms with Crippen LogP contribution in [0.5, 0.6) is 11.5 Å². The van der Waals surface area contributed by atoms with E-state index in [4.69, 9.17) is 15.9 Å². The van der Waals surface area contributed by atoms with Gasteiger partial charge in [-0.3, -0.25) is 9.36 Å². The minimum Gasteiger partial charge on any atom is -0.493 e. The highest BCUT2D eigenvalue weighted by Crippen LogP contribution is 2.32. The highest BCUT2D eigenvalue weighted by atomic mass is 16.5. The Bertz CT molecular complexity index is 1430. The largest absolute Gasteiger partial charge is 0.493 e. The second kappa shape index (κ2) is 8.78. The lowest BCUT2D eigenvalue weighted by Crippen LogP contribution is -2.22. The molecule has 0 saturated heterocycles. The van der Waals surface area contributed by atoms with Crippen LogP contribution in [0.25, 0.3) is 28.9 Å². The third-order valence-electron chi connectivity index (χ3n) is 5.07. The SMILES string of the molecule is C#Cc1ccc(-n2c(/C=C/c3cc(C)c(OC)c(OC)c3)nc3ncccc3c2=O)cc1. The van der Waals surface area contributed by atoms with Crippen molar-refractivity contribution in [1.82, 2.24) is 14.5 Å². The fraction of sp³-hybridized carbons (Fsp3) is 0.115. The maximum absolute atomic E-state index is 13.3. The average Bonchev–Trinajstić information content (AvgIpc) is 2.82. The molecule has 0 amide bonds. The van der Waals surface area contributed by atoms with Crippen LogP contribution >= 0.6 is 0 Å². The van der Waals surface area contributed by atoms with E-state index in [0.29, 0.717) is 34.0 Å². The van der Waals surface area contributed by atoms with Crippen molar-refractivity contribution in [2.45, 2.75) is 6.92 Å². The van der Waals surface area contributed by atoms with E-state index in [-0.39, 0.29) is 5.56 Å². The summed E-state index contributed by atoms with van der Waals surface area (Å²) < 4.78 is 12.4. The Kier molecular flexibility index (Phi) is 5.73. The van der Waals surface area contributed by atoms with Crippen LogP contribution in [-0.2, 0) is 0 Å². The second-order valence-corrected chi connectivity index (χ2v) is 7.08. The molecule has 0 saturated carbocycles. The summed E-state index contributed by atoms with van der Waals surface area (Å²) in [6.45, 7) is 1.94. The van der Waals surface area contributed by atoms with E-state index in [1.165, 1.54) is 0 Å². The molecule has 2 aromatic heterocycles. The topological polar surface area (TPSA) is 66.2 Å². The number of benzene rings is 2. The van der Waals surface area contributed by atoms with Crippen molar-refractivity contribution in [3.05, 3.63) is 87.6 Å². The predicted octanol–water partition coefficient (Wildman–Crippen LogP) is 4.26. The molecule has 0 unspecified atom stereocenters. The molecule has 158 valence electrons. The number of aromatic nitrogens is 3. The van der Waals surface area contributed by atoms with Crippen molar-refractivity contribution in [3.8, 4) is 29.5 Å². The Morgan fingerprint density at radius 1 is 1.06 bits per heavy atom. The van der Waals surface area contributed by atoms with Crippen molar-refractivity contribution in [2.24, 2.45) is 0 Å². The molecule has 0 aliphatic carbocycles. The number of rotatable bonds is 5. The molecule has 0 aliphatic rings. The van der Waals surface area contributed by atoms with Gasteiger partial charge in [0.15, 0.2) is 17.1 Å². The molecule has 2 heterocycles. The Hall–Kier alpha value is -4.37. The zero-order chi connectivity index (χ0) is 22.7. The number of terminal acetylenes is 1. The maximum atomic E-state index is 13.3. The summed E-state index contributed by atoms with van der Waals surface area (Å²) in [5.41, 5.74) is 3.38. The van der Waals surface area contributed by atoms with Gasteiger partial charge in [-0.2, -0.15) is 0 Å². The number of nitrogens with zero attached hydrogens (tertiary/aromatic N) is 3. The van der Waals surface area contributed by atoms with Crippen molar-refractivity contribution in [1.29, 1.82) is 0 Å². The van der Waals surface area contributed by atoms with Crippen LogP contribution in [0.2, 0.25) is 0 Å². The van der Waals surface area contributed by atoms with Crippen molar-refractivity contribution in [3.63, 3.8) is 0 Å². The predicted molar refractivity (Wildman–Crippen MR) is 126 cm³/mol. The van der Waals surface area contributed by atoms with Crippen LogP contribution in [0, 0.1) is 19.3 Å². The number of hydrogen-bond acceptors (Lipinski definition) is 5. The Labute approximate surface area is 185 Å². The van der Waals surface area contributed by atoms with Crippen LogP contribution in [0.1, 0.15) is 22.5 Å². The number of fused-ring (bicyclic) bond motifs is 1. The highest BCUT2D eigenvalue weighted by Gasteiger charge is 2.12. The molecule has 4 rings (SSSR count). The van der Waals surface area contributed by atoms with Crippen LogP contribution < -0.4 is 15.0 Å². The Balaban J connectivity index is 1.89. The molecule has 6 nitrogen and oxygen atoms in total. The molecule has 0 spiro atoms. The smallest absolute Gasteiger partial charge is 0.267 e. The molecule has 32 heavy (non-hydrogen) atoms. The van der Waals surface area contributed by atoms with E-state index in [9.17, 15) is 4.79 Å². The van der Waals surface area contributed by atoms with Crippen molar-refractivity contribution < 1.29 is 9.47 Å². The van der Waals surface area contributed by atoms with E-state index in [1.54, 1.807) is 67.5 Å². The molecule has 0 bridgehead atoms. The number of ether oxygens (including phenoxy) is 2. The lowest BCUT2D eigenvalue weighted by molar-refractivity contribution is 0.353. The lowest BCUT2D eigenvalue weighted by Gasteiger charge is -2.12. The summed E-state index contributed by atoms with van der Waals surface area (Å²) in [6, 6.07) is 14.5. The minimum absolute atomic E-state index is 0.209. The molecule has 0 fully saturated rings. The zero-order valence-electron chi connectivity index (χ0n) is 18.0. The molecule has 2 aromatic carbocycles. The maximum Gasteiger partial charge on any atom is 0.267 e. The molecule has 0 radical (unpaired) electrons. The fourth-order valence-electron chi connectivity index (χ4n) is 3.55. The fourth-order valence-corrected chi connectivity index (χ4v) is 3.55. The van der Waals surface area contributed by atoms with Crippen LogP contribution in [0.15, 0.2) is 59.5 Å². The van der Waals surface area contributed by atoms with Gasteiger partial charge in [0.2, 0.25) is 0 Å². The van der Waals surface area contributed by atoms with Gasteiger partial charge in [0.1, 0.15) is 5.82 Å². The Morgan fingerprint density at radius 2 is 1.84 bits per heavy atom. The van der Waals surface area contributed by atoms with E-state index in [0.717, 1.165) is 16.7 Å². The molecular weight excluding hydrogens is 402 g/mol. The molecular formula is C26H21N3O3. The average molecular weight is 423 g/mol. The van der Waals surface area contributed by atoms with E-state index < -0.39 is 0 Å². The Morgan fingerprint density at radius 3 is 2.53 bits per heavy atom. The number of aryl methyl sites for hydroxylation is 1. The van der Waals surface area contributed by atoms with E-state index in [1.807, 2.05) is 25.1 Å². The van der Waals surface area contributed by atoms with Gasteiger partial charge in [0.05, 0.1) is 25.3 Å². The molecule has 4 aromatic rings. The van der Waals surface area contributed by atoms with Gasteiger partial charge in [0.25, 0.3) is 5.56 Å². The second-order valence-electron chi connectivity index (χ2n) is 7.08. The third-order valence-corrected chi connectivity index (χ3v) is 5.07. The summed E-state index contributed by atoms with van der Waals surface area (Å²) in [6.07, 6.45) is 10.7. The number of hydrogen-bond donors (Lipinski definition) is 0. The van der Waals surface area contributed by atoms with Crippen molar-refractivity contribution in [2.75, 3.05) is 14.2 Å². The summed E-state index contributed by atoms with van der Waals surface area (Å²) in [5.74, 6) is 4.34. The van der Waals surface area contributed by atoms with Gasteiger partial charge in [-0.1, -0.05) is 12.0 Å². The molecule has 0 N–H and O–H groups in total. The first kappa shape index (κ1) is 20.9.